The van der Waals surface area contributed by atoms with Crippen LogP contribution in [0, 0.1) is 0 Å². The number of primary amides is 1. The van der Waals surface area contributed by atoms with Crippen molar-refractivity contribution in [1.82, 2.24) is 10.2 Å². The van der Waals surface area contributed by atoms with Crippen LogP contribution in [-0.4, -0.2) is 66.7 Å². The molecule has 0 aromatic rings. The number of amides is 2. The van der Waals surface area contributed by atoms with Crippen molar-refractivity contribution < 1.29 is 24.2 Å². The van der Waals surface area contributed by atoms with Crippen LogP contribution in [-0.2, 0) is 19.1 Å². The molecule has 0 aromatic carbocycles. The average molecular weight is 273 g/mol. The minimum Gasteiger partial charge on any atom is -0.480 e. The topological polar surface area (TPSA) is 122 Å². The lowest BCUT2D eigenvalue weighted by Crippen LogP contribution is -2.45. The van der Waals surface area contributed by atoms with Gasteiger partial charge in [0.1, 0.15) is 0 Å². The van der Waals surface area contributed by atoms with Gasteiger partial charge in [-0.15, -0.1) is 0 Å². The Kier molecular flexibility index (Phi) is 6.23. The van der Waals surface area contributed by atoms with E-state index in [1.54, 1.807) is 0 Å². The lowest BCUT2D eigenvalue weighted by atomic mass is 10.2. The lowest BCUT2D eigenvalue weighted by Gasteiger charge is -2.18. The van der Waals surface area contributed by atoms with Crippen LogP contribution < -0.4 is 11.1 Å². The van der Waals surface area contributed by atoms with Crippen LogP contribution >= 0.6 is 0 Å². The number of carboxylic acids is 1. The molecule has 0 spiro atoms. The minimum absolute atomic E-state index is 0.0213. The van der Waals surface area contributed by atoms with E-state index in [9.17, 15) is 14.4 Å². The maximum absolute atomic E-state index is 11.6. The second-order valence-corrected chi connectivity index (χ2v) is 4.44. The predicted molar refractivity (Wildman–Crippen MR) is 65.3 cm³/mol. The molecule has 4 N–H and O–H groups in total. The summed E-state index contributed by atoms with van der Waals surface area (Å²) in [5, 5.41) is 11.3. The van der Waals surface area contributed by atoms with Crippen molar-refractivity contribution in [3.63, 3.8) is 0 Å². The van der Waals surface area contributed by atoms with Crippen LogP contribution in [0.1, 0.15) is 12.8 Å². The molecule has 1 fully saturated rings. The van der Waals surface area contributed by atoms with E-state index in [2.05, 4.69) is 5.32 Å². The number of carbonyl (C=O) groups is 3. The van der Waals surface area contributed by atoms with Crippen molar-refractivity contribution in [2.24, 2.45) is 5.73 Å². The highest BCUT2D eigenvalue weighted by Gasteiger charge is 2.19. The fraction of sp³-hybridized carbons (Fsp3) is 0.727. The summed E-state index contributed by atoms with van der Waals surface area (Å²) in [7, 11) is 0. The summed E-state index contributed by atoms with van der Waals surface area (Å²) in [4.78, 5) is 34.2. The molecular weight excluding hydrogens is 254 g/mol. The van der Waals surface area contributed by atoms with Gasteiger partial charge in [0.2, 0.25) is 11.8 Å². The van der Waals surface area contributed by atoms with E-state index < -0.39 is 18.4 Å². The van der Waals surface area contributed by atoms with Crippen LogP contribution in [0.25, 0.3) is 0 Å². The molecule has 1 unspecified atom stereocenters. The van der Waals surface area contributed by atoms with Gasteiger partial charge < -0.3 is 20.9 Å². The van der Waals surface area contributed by atoms with E-state index in [0.29, 0.717) is 13.2 Å². The molecular formula is C11H19N3O5. The maximum atomic E-state index is 11.6. The Morgan fingerprint density at radius 3 is 2.58 bits per heavy atom. The maximum Gasteiger partial charge on any atom is 0.317 e. The van der Waals surface area contributed by atoms with Gasteiger partial charge in [0.25, 0.3) is 0 Å². The predicted octanol–water partition coefficient (Wildman–Crippen LogP) is -1.85. The normalized spacial score (nSPS) is 18.5. The minimum atomic E-state index is -1.12. The Labute approximate surface area is 110 Å². The molecule has 1 aliphatic rings. The van der Waals surface area contributed by atoms with Crippen molar-refractivity contribution >= 4 is 17.8 Å². The lowest BCUT2D eigenvalue weighted by molar-refractivity contribution is -0.139. The Balaban J connectivity index is 2.32. The van der Waals surface area contributed by atoms with Gasteiger partial charge >= 0.3 is 5.97 Å². The van der Waals surface area contributed by atoms with Crippen LogP contribution in [0.2, 0.25) is 0 Å². The quantitative estimate of drug-likeness (QED) is 0.477. The molecule has 1 heterocycles. The average Bonchev–Trinajstić information content (AvgIpc) is 2.77. The number of carboxylic acid groups (broad SMARTS) is 1. The molecule has 0 radical (unpaired) electrons. The van der Waals surface area contributed by atoms with E-state index in [0.717, 1.165) is 12.8 Å². The van der Waals surface area contributed by atoms with Gasteiger partial charge in [0.05, 0.1) is 25.7 Å². The monoisotopic (exact) mass is 273 g/mol. The number of hydrogen-bond donors (Lipinski definition) is 3. The molecule has 2 amide bonds. The zero-order valence-electron chi connectivity index (χ0n) is 10.6. The molecule has 8 nitrogen and oxygen atoms in total. The number of nitrogens with zero attached hydrogens (tertiary/aromatic N) is 1. The standard InChI is InChI=1S/C11H19N3O5/c12-9(15)5-14(7-11(17)18)6-10(16)13-4-8-2-1-3-19-8/h8H,1-7H2,(H2,12,15)(H,13,16)(H,17,18). The van der Waals surface area contributed by atoms with Gasteiger partial charge in [-0.3, -0.25) is 19.3 Å². The molecule has 0 aromatic heterocycles. The van der Waals surface area contributed by atoms with Crippen molar-refractivity contribution in [2.45, 2.75) is 18.9 Å². The molecule has 0 saturated carbocycles. The number of rotatable bonds is 8. The van der Waals surface area contributed by atoms with Crippen molar-refractivity contribution in [1.29, 1.82) is 0 Å². The molecule has 1 atom stereocenters. The SMILES string of the molecule is NC(=O)CN(CC(=O)O)CC(=O)NCC1CCCO1. The fourth-order valence-corrected chi connectivity index (χ4v) is 1.87. The molecule has 0 aliphatic carbocycles. The van der Waals surface area contributed by atoms with Gasteiger partial charge in [0, 0.05) is 13.2 Å². The van der Waals surface area contributed by atoms with Gasteiger partial charge in [0.15, 0.2) is 0 Å². The van der Waals surface area contributed by atoms with Crippen LogP contribution in [0.3, 0.4) is 0 Å². The first kappa shape index (κ1) is 15.4. The van der Waals surface area contributed by atoms with Gasteiger partial charge in [-0.2, -0.15) is 0 Å². The largest absolute Gasteiger partial charge is 0.480 e. The third kappa shape index (κ3) is 6.73. The van der Waals surface area contributed by atoms with E-state index in [1.807, 2.05) is 0 Å². The Bertz CT molecular complexity index is 325. The number of nitrogens with one attached hydrogen (secondary N) is 1. The summed E-state index contributed by atoms with van der Waals surface area (Å²) in [6.45, 7) is 0.252. The van der Waals surface area contributed by atoms with Gasteiger partial charge in [-0.25, -0.2) is 0 Å². The third-order valence-electron chi connectivity index (χ3n) is 2.66. The summed E-state index contributed by atoms with van der Waals surface area (Å²) in [6, 6.07) is 0. The molecule has 1 rings (SSSR count). The van der Waals surface area contributed by atoms with E-state index >= 15 is 0 Å². The highest BCUT2D eigenvalue weighted by atomic mass is 16.5. The zero-order chi connectivity index (χ0) is 14.3. The molecule has 1 saturated heterocycles. The summed E-state index contributed by atoms with van der Waals surface area (Å²) in [6.07, 6.45) is 1.90. The number of carbonyl (C=O) groups excluding carboxylic acids is 2. The fourth-order valence-electron chi connectivity index (χ4n) is 1.87. The molecule has 19 heavy (non-hydrogen) atoms. The van der Waals surface area contributed by atoms with Gasteiger partial charge in [-0.1, -0.05) is 0 Å². The van der Waals surface area contributed by atoms with E-state index in [4.69, 9.17) is 15.6 Å². The third-order valence-corrected chi connectivity index (χ3v) is 2.66. The zero-order valence-corrected chi connectivity index (χ0v) is 10.6. The first-order valence-corrected chi connectivity index (χ1v) is 6.08. The summed E-state index contributed by atoms with van der Waals surface area (Å²) in [5.74, 6) is -2.14. The summed E-state index contributed by atoms with van der Waals surface area (Å²) in [5.41, 5.74) is 4.99. The van der Waals surface area contributed by atoms with E-state index in [1.165, 1.54) is 4.90 Å². The first-order chi connectivity index (χ1) is 8.97. The number of aliphatic carboxylic acids is 1. The number of nitrogens with two attached hydrogens (primary N) is 1. The van der Waals surface area contributed by atoms with Crippen molar-refractivity contribution in [2.75, 3.05) is 32.8 Å². The van der Waals surface area contributed by atoms with Crippen LogP contribution in [0.4, 0.5) is 0 Å². The highest BCUT2D eigenvalue weighted by Crippen LogP contribution is 2.10. The molecule has 0 bridgehead atoms. The first-order valence-electron chi connectivity index (χ1n) is 6.08. The number of ether oxygens (including phenoxy) is 1. The second kappa shape index (κ2) is 7.70. The molecule has 8 heteroatoms. The van der Waals surface area contributed by atoms with Crippen LogP contribution in [0.5, 0.6) is 0 Å². The Hall–Kier alpha value is -1.67. The Morgan fingerprint density at radius 2 is 2.05 bits per heavy atom. The number of hydrogen-bond acceptors (Lipinski definition) is 5. The second-order valence-electron chi connectivity index (χ2n) is 4.44. The van der Waals surface area contributed by atoms with Crippen molar-refractivity contribution in [3.8, 4) is 0 Å². The summed E-state index contributed by atoms with van der Waals surface area (Å²) >= 11 is 0. The summed E-state index contributed by atoms with van der Waals surface area (Å²) < 4.78 is 5.34. The van der Waals surface area contributed by atoms with Crippen LogP contribution in [0.15, 0.2) is 0 Å². The van der Waals surface area contributed by atoms with Crippen molar-refractivity contribution in [3.05, 3.63) is 0 Å². The smallest absolute Gasteiger partial charge is 0.317 e. The Morgan fingerprint density at radius 1 is 1.32 bits per heavy atom. The highest BCUT2D eigenvalue weighted by molar-refractivity contribution is 5.81. The van der Waals surface area contributed by atoms with Gasteiger partial charge in [-0.05, 0) is 12.8 Å². The van der Waals surface area contributed by atoms with E-state index in [-0.39, 0.29) is 25.1 Å². The molecule has 108 valence electrons. The molecule has 1 aliphatic heterocycles.